The average molecular weight is 476 g/mol. The number of hydrazine groups is 3. The minimum atomic E-state index is 0.00668. The van der Waals surface area contributed by atoms with Crippen molar-refractivity contribution in [2.75, 3.05) is 0 Å². The Labute approximate surface area is 210 Å². The molecule has 2 heterocycles. The standard InChI is InChI=1S/C28H41N7/c1-3-5-7-8-9-10-15-26-29-27(16-6-4-2)35(32-26)21-22-17-19-23(20-18-22)24-13-11-12-14-25(24)28-30-33-34-31-28/h11-14,17-20,28,30-31,33-34H,3-10,15-16,21H2,1-2H3. The summed E-state index contributed by atoms with van der Waals surface area (Å²) >= 11 is 0. The number of hydrogen-bond donors (Lipinski definition) is 4. The van der Waals surface area contributed by atoms with Gasteiger partial charge in [-0.15, -0.1) is 0 Å². The van der Waals surface area contributed by atoms with E-state index in [-0.39, 0.29) is 6.17 Å². The zero-order chi connectivity index (χ0) is 24.3. The van der Waals surface area contributed by atoms with Gasteiger partial charge in [0.15, 0.2) is 5.82 Å². The van der Waals surface area contributed by atoms with Crippen molar-refractivity contribution in [1.82, 2.24) is 36.7 Å². The SMILES string of the molecule is CCCCCCCCc1nc(CCCC)n(Cc2ccc(-c3ccccc3C3NNNN3)cc2)n1. The van der Waals surface area contributed by atoms with E-state index < -0.39 is 0 Å². The van der Waals surface area contributed by atoms with Gasteiger partial charge in [-0.2, -0.15) is 16.2 Å². The molecule has 4 rings (SSSR count). The lowest BCUT2D eigenvalue weighted by Crippen LogP contribution is -2.33. The second-order valence-corrected chi connectivity index (χ2v) is 9.48. The van der Waals surface area contributed by atoms with Crippen molar-refractivity contribution in [2.45, 2.75) is 90.8 Å². The number of aromatic nitrogens is 3. The Balaban J connectivity index is 1.42. The van der Waals surface area contributed by atoms with E-state index in [2.05, 4.69) is 89.0 Å². The topological polar surface area (TPSA) is 78.8 Å². The first-order valence-corrected chi connectivity index (χ1v) is 13.4. The molecule has 1 fully saturated rings. The van der Waals surface area contributed by atoms with Gasteiger partial charge in [0.05, 0.1) is 6.54 Å². The third kappa shape index (κ3) is 7.21. The Morgan fingerprint density at radius 2 is 1.49 bits per heavy atom. The van der Waals surface area contributed by atoms with Crippen molar-refractivity contribution in [3.8, 4) is 11.1 Å². The van der Waals surface area contributed by atoms with Gasteiger partial charge in [-0.05, 0) is 35.1 Å². The molecule has 1 aliphatic rings. The van der Waals surface area contributed by atoms with E-state index in [1.54, 1.807) is 0 Å². The van der Waals surface area contributed by atoms with E-state index >= 15 is 0 Å². The fraction of sp³-hybridized carbons (Fsp3) is 0.500. The van der Waals surface area contributed by atoms with Crippen LogP contribution in [-0.2, 0) is 19.4 Å². The summed E-state index contributed by atoms with van der Waals surface area (Å²) in [5.41, 5.74) is 17.0. The maximum absolute atomic E-state index is 4.92. The van der Waals surface area contributed by atoms with Gasteiger partial charge in [-0.25, -0.2) is 20.5 Å². The normalized spacial score (nSPS) is 14.1. The molecular weight excluding hydrogens is 434 g/mol. The molecule has 0 bridgehead atoms. The number of hydrogen-bond acceptors (Lipinski definition) is 6. The van der Waals surface area contributed by atoms with Gasteiger partial charge in [0, 0.05) is 12.8 Å². The number of aryl methyl sites for hydroxylation is 2. The molecule has 3 aromatic rings. The van der Waals surface area contributed by atoms with Gasteiger partial charge in [-0.1, -0.05) is 101 Å². The summed E-state index contributed by atoms with van der Waals surface area (Å²) in [4.78, 5) is 4.92. The summed E-state index contributed by atoms with van der Waals surface area (Å²) in [5, 5.41) is 4.91. The number of benzene rings is 2. The largest absolute Gasteiger partial charge is 0.245 e. The molecule has 188 valence electrons. The molecule has 0 aliphatic carbocycles. The smallest absolute Gasteiger partial charge is 0.150 e. The minimum absolute atomic E-state index is 0.00668. The summed E-state index contributed by atoms with van der Waals surface area (Å²) in [7, 11) is 0. The van der Waals surface area contributed by atoms with Crippen molar-refractivity contribution in [2.24, 2.45) is 0 Å². The van der Waals surface area contributed by atoms with E-state index in [1.807, 2.05) is 0 Å². The first-order chi connectivity index (χ1) is 17.3. The second kappa shape index (κ2) is 13.5. The molecule has 0 amide bonds. The zero-order valence-electron chi connectivity index (χ0n) is 21.3. The fourth-order valence-corrected chi connectivity index (χ4v) is 4.62. The molecular formula is C28H41N7. The molecule has 7 nitrogen and oxygen atoms in total. The van der Waals surface area contributed by atoms with Crippen LogP contribution >= 0.6 is 0 Å². The van der Waals surface area contributed by atoms with Crippen LogP contribution in [0.4, 0.5) is 0 Å². The van der Waals surface area contributed by atoms with Gasteiger partial charge in [0.1, 0.15) is 12.0 Å². The van der Waals surface area contributed by atoms with E-state index in [9.17, 15) is 0 Å². The Morgan fingerprint density at radius 3 is 2.26 bits per heavy atom. The summed E-state index contributed by atoms with van der Waals surface area (Å²) < 4.78 is 2.13. The van der Waals surface area contributed by atoms with Crippen molar-refractivity contribution in [3.05, 3.63) is 71.3 Å². The van der Waals surface area contributed by atoms with Crippen molar-refractivity contribution < 1.29 is 0 Å². The highest BCUT2D eigenvalue weighted by molar-refractivity contribution is 5.68. The zero-order valence-corrected chi connectivity index (χ0v) is 21.3. The molecule has 4 N–H and O–H groups in total. The average Bonchev–Trinajstić information content (AvgIpc) is 3.56. The van der Waals surface area contributed by atoms with E-state index in [4.69, 9.17) is 10.1 Å². The third-order valence-corrected chi connectivity index (χ3v) is 6.66. The number of rotatable bonds is 14. The van der Waals surface area contributed by atoms with Gasteiger partial charge < -0.3 is 0 Å². The highest BCUT2D eigenvalue weighted by atomic mass is 15.8. The third-order valence-electron chi connectivity index (χ3n) is 6.66. The van der Waals surface area contributed by atoms with Crippen LogP contribution in [0.1, 0.15) is 94.2 Å². The maximum atomic E-state index is 4.92. The fourth-order valence-electron chi connectivity index (χ4n) is 4.62. The van der Waals surface area contributed by atoms with Crippen LogP contribution in [0.3, 0.4) is 0 Å². The second-order valence-electron chi connectivity index (χ2n) is 9.48. The van der Waals surface area contributed by atoms with Crippen molar-refractivity contribution >= 4 is 0 Å². The van der Waals surface area contributed by atoms with Crippen molar-refractivity contribution in [1.29, 1.82) is 0 Å². The Hall–Kier alpha value is -2.58. The molecule has 0 unspecified atom stereocenters. The monoisotopic (exact) mass is 475 g/mol. The van der Waals surface area contributed by atoms with Crippen LogP contribution in [0.5, 0.6) is 0 Å². The molecule has 1 aromatic heterocycles. The van der Waals surface area contributed by atoms with E-state index in [0.29, 0.717) is 0 Å². The van der Waals surface area contributed by atoms with Gasteiger partial charge in [0.2, 0.25) is 0 Å². The van der Waals surface area contributed by atoms with E-state index in [0.717, 1.165) is 37.5 Å². The van der Waals surface area contributed by atoms with Crippen LogP contribution in [0.25, 0.3) is 11.1 Å². The first kappa shape index (κ1) is 25.5. The minimum Gasteiger partial charge on any atom is -0.245 e. The molecule has 1 aliphatic heterocycles. The van der Waals surface area contributed by atoms with Gasteiger partial charge >= 0.3 is 0 Å². The van der Waals surface area contributed by atoms with Crippen LogP contribution < -0.4 is 21.9 Å². The quantitative estimate of drug-likeness (QED) is 0.235. The van der Waals surface area contributed by atoms with Crippen LogP contribution in [-0.4, -0.2) is 14.8 Å². The number of unbranched alkanes of at least 4 members (excludes halogenated alkanes) is 6. The van der Waals surface area contributed by atoms with Crippen LogP contribution in [0.2, 0.25) is 0 Å². The number of nitrogens with zero attached hydrogens (tertiary/aromatic N) is 3. The number of nitrogens with one attached hydrogen (secondary N) is 4. The highest BCUT2D eigenvalue weighted by Gasteiger charge is 2.18. The lowest BCUT2D eigenvalue weighted by atomic mass is 9.97. The molecule has 0 atom stereocenters. The first-order valence-electron chi connectivity index (χ1n) is 13.4. The molecule has 1 saturated heterocycles. The summed E-state index contributed by atoms with van der Waals surface area (Å²) in [6.07, 6.45) is 12.1. The van der Waals surface area contributed by atoms with Crippen LogP contribution in [0, 0.1) is 0 Å². The summed E-state index contributed by atoms with van der Waals surface area (Å²) in [6, 6.07) is 17.3. The summed E-state index contributed by atoms with van der Waals surface area (Å²) in [5.74, 6) is 2.14. The lowest BCUT2D eigenvalue weighted by molar-refractivity contribution is 0.556. The van der Waals surface area contributed by atoms with E-state index in [1.165, 1.54) is 67.2 Å². The molecule has 0 radical (unpaired) electrons. The van der Waals surface area contributed by atoms with Crippen LogP contribution in [0.15, 0.2) is 48.5 Å². The Morgan fingerprint density at radius 1 is 0.771 bits per heavy atom. The predicted molar refractivity (Wildman–Crippen MR) is 142 cm³/mol. The molecule has 0 spiro atoms. The van der Waals surface area contributed by atoms with Crippen molar-refractivity contribution in [3.63, 3.8) is 0 Å². The predicted octanol–water partition coefficient (Wildman–Crippen LogP) is 5.35. The molecule has 2 aromatic carbocycles. The Bertz CT molecular complexity index is 1020. The van der Waals surface area contributed by atoms with Gasteiger partial charge in [-0.3, -0.25) is 0 Å². The Kier molecular flexibility index (Phi) is 9.84. The summed E-state index contributed by atoms with van der Waals surface area (Å²) in [6.45, 7) is 5.27. The molecule has 7 heteroatoms. The maximum Gasteiger partial charge on any atom is 0.150 e. The highest BCUT2D eigenvalue weighted by Crippen LogP contribution is 2.28. The van der Waals surface area contributed by atoms with Gasteiger partial charge in [0.25, 0.3) is 0 Å². The lowest BCUT2D eigenvalue weighted by Gasteiger charge is -2.15. The molecule has 35 heavy (non-hydrogen) atoms. The molecule has 0 saturated carbocycles.